The first-order valence-electron chi connectivity index (χ1n) is 8.90. The third-order valence-electron chi connectivity index (χ3n) is 4.38. The number of carbonyl (C=O) groups is 2. The van der Waals surface area contributed by atoms with Gasteiger partial charge in [0.2, 0.25) is 5.88 Å². The number of aromatic nitrogens is 2. The Kier molecular flexibility index (Phi) is 6.14. The van der Waals surface area contributed by atoms with E-state index < -0.39 is 64.9 Å². The third-order valence-corrected chi connectivity index (χ3v) is 4.38. The number of aromatic hydroxyl groups is 1. The SMILES string of the molecule is O=C(O)CC(NC(=O)c1cc(O)n(-c2ccccc2F)n1)c1cc(F)ccc1C(F)(F)F. The summed E-state index contributed by atoms with van der Waals surface area (Å²) >= 11 is 0. The van der Waals surface area contributed by atoms with Crippen LogP contribution in [-0.4, -0.2) is 31.9 Å². The first-order chi connectivity index (χ1) is 15.0. The molecule has 1 amide bonds. The van der Waals surface area contributed by atoms with Gasteiger partial charge in [0.15, 0.2) is 5.69 Å². The number of halogens is 5. The van der Waals surface area contributed by atoms with E-state index in [9.17, 15) is 36.6 Å². The highest BCUT2D eigenvalue weighted by Crippen LogP contribution is 2.36. The number of hydrogen-bond donors (Lipinski definition) is 3. The van der Waals surface area contributed by atoms with Crippen molar-refractivity contribution in [3.63, 3.8) is 0 Å². The van der Waals surface area contributed by atoms with Crippen molar-refractivity contribution in [1.82, 2.24) is 15.1 Å². The summed E-state index contributed by atoms with van der Waals surface area (Å²) in [6, 6.07) is 5.63. The molecule has 3 aromatic rings. The molecule has 1 heterocycles. The fourth-order valence-corrected chi connectivity index (χ4v) is 3.01. The second kappa shape index (κ2) is 8.65. The fourth-order valence-electron chi connectivity index (χ4n) is 3.01. The molecule has 0 aliphatic carbocycles. The van der Waals surface area contributed by atoms with Crippen LogP contribution < -0.4 is 5.32 Å². The molecule has 3 rings (SSSR count). The molecule has 1 atom stereocenters. The van der Waals surface area contributed by atoms with Gasteiger partial charge in [0.1, 0.15) is 17.3 Å². The number of amides is 1. The number of nitrogens with zero attached hydrogens (tertiary/aromatic N) is 2. The Morgan fingerprint density at radius 2 is 1.78 bits per heavy atom. The molecular weight excluding hydrogens is 441 g/mol. The lowest BCUT2D eigenvalue weighted by Gasteiger charge is -2.21. The van der Waals surface area contributed by atoms with E-state index in [1.54, 1.807) is 0 Å². The summed E-state index contributed by atoms with van der Waals surface area (Å²) in [5.74, 6) is -5.24. The summed E-state index contributed by atoms with van der Waals surface area (Å²) in [5.41, 5.74) is -2.88. The standard InChI is InChI=1S/C20H14F5N3O4/c21-10-5-6-12(20(23,24)25)11(7-10)14(9-18(30)31)26-19(32)15-8-17(29)28(27-15)16-4-2-1-3-13(16)22/h1-8,14,29H,9H2,(H,26,32)(H,30,31). The Balaban J connectivity index is 1.97. The van der Waals surface area contributed by atoms with Crippen LogP contribution in [0, 0.1) is 11.6 Å². The minimum absolute atomic E-state index is 0.212. The second-order valence-electron chi connectivity index (χ2n) is 6.60. The Morgan fingerprint density at radius 3 is 2.41 bits per heavy atom. The van der Waals surface area contributed by atoms with E-state index in [2.05, 4.69) is 10.4 Å². The van der Waals surface area contributed by atoms with Gasteiger partial charge in [-0.05, 0) is 35.9 Å². The predicted molar refractivity (Wildman–Crippen MR) is 99.0 cm³/mol. The molecule has 0 fully saturated rings. The predicted octanol–water partition coefficient (Wildman–Crippen LogP) is 3.82. The van der Waals surface area contributed by atoms with E-state index >= 15 is 0 Å². The van der Waals surface area contributed by atoms with Gasteiger partial charge in [-0.1, -0.05) is 12.1 Å². The number of para-hydroxylation sites is 1. The van der Waals surface area contributed by atoms with Gasteiger partial charge in [-0.15, -0.1) is 0 Å². The lowest BCUT2D eigenvalue weighted by Crippen LogP contribution is -2.32. The maximum atomic E-state index is 14.0. The molecular formula is C20H14F5N3O4. The van der Waals surface area contributed by atoms with Crippen molar-refractivity contribution in [3.05, 3.63) is 77.0 Å². The van der Waals surface area contributed by atoms with Crippen molar-refractivity contribution < 1.29 is 41.8 Å². The van der Waals surface area contributed by atoms with Crippen LogP contribution >= 0.6 is 0 Å². The lowest BCUT2D eigenvalue weighted by molar-refractivity contribution is -0.140. The first-order valence-corrected chi connectivity index (χ1v) is 8.90. The Bertz CT molecular complexity index is 1180. The van der Waals surface area contributed by atoms with Gasteiger partial charge in [0.05, 0.1) is 18.0 Å². The van der Waals surface area contributed by atoms with E-state index in [4.69, 9.17) is 5.11 Å². The molecule has 32 heavy (non-hydrogen) atoms. The number of alkyl halides is 3. The molecule has 0 aliphatic heterocycles. The zero-order valence-corrected chi connectivity index (χ0v) is 15.9. The van der Waals surface area contributed by atoms with Crippen LogP contribution in [0.5, 0.6) is 5.88 Å². The number of benzene rings is 2. The van der Waals surface area contributed by atoms with Crippen molar-refractivity contribution in [2.75, 3.05) is 0 Å². The van der Waals surface area contributed by atoms with Crippen LogP contribution in [-0.2, 0) is 11.0 Å². The van der Waals surface area contributed by atoms with Crippen LogP contribution in [0.25, 0.3) is 5.69 Å². The summed E-state index contributed by atoms with van der Waals surface area (Å²) in [7, 11) is 0. The highest BCUT2D eigenvalue weighted by Gasteiger charge is 2.36. The van der Waals surface area contributed by atoms with E-state index in [-0.39, 0.29) is 5.69 Å². The maximum absolute atomic E-state index is 14.0. The van der Waals surface area contributed by atoms with Gasteiger partial charge in [0, 0.05) is 6.07 Å². The molecule has 0 spiro atoms. The number of nitrogens with one attached hydrogen (secondary N) is 1. The zero-order valence-electron chi connectivity index (χ0n) is 15.9. The van der Waals surface area contributed by atoms with E-state index in [0.717, 1.165) is 12.1 Å². The van der Waals surface area contributed by atoms with Crippen molar-refractivity contribution in [2.45, 2.75) is 18.6 Å². The molecule has 168 valence electrons. The van der Waals surface area contributed by atoms with E-state index in [1.165, 1.54) is 18.2 Å². The molecule has 7 nitrogen and oxygen atoms in total. The van der Waals surface area contributed by atoms with Gasteiger partial charge < -0.3 is 15.5 Å². The largest absolute Gasteiger partial charge is 0.493 e. The topological polar surface area (TPSA) is 104 Å². The minimum atomic E-state index is -4.95. The maximum Gasteiger partial charge on any atom is 0.416 e. The Labute approximate surface area is 176 Å². The zero-order chi connectivity index (χ0) is 23.6. The van der Waals surface area contributed by atoms with Crippen molar-refractivity contribution in [1.29, 1.82) is 0 Å². The Morgan fingerprint density at radius 1 is 1.09 bits per heavy atom. The fraction of sp³-hybridized carbons (Fsp3) is 0.150. The number of carboxylic acids is 1. The number of aliphatic carboxylic acids is 1. The third kappa shape index (κ3) is 4.85. The number of hydrogen-bond acceptors (Lipinski definition) is 4. The average Bonchev–Trinajstić information content (AvgIpc) is 3.08. The molecule has 1 unspecified atom stereocenters. The molecule has 12 heteroatoms. The first kappa shape index (κ1) is 22.7. The van der Waals surface area contributed by atoms with Gasteiger partial charge in [0.25, 0.3) is 5.91 Å². The quantitative estimate of drug-likeness (QED) is 0.491. The highest BCUT2D eigenvalue weighted by molar-refractivity contribution is 5.93. The molecule has 3 N–H and O–H groups in total. The average molecular weight is 455 g/mol. The Hall–Kier alpha value is -3.96. The molecule has 2 aromatic carbocycles. The number of carbonyl (C=O) groups excluding carboxylic acids is 1. The monoisotopic (exact) mass is 455 g/mol. The summed E-state index contributed by atoms with van der Waals surface area (Å²) < 4.78 is 68.4. The van der Waals surface area contributed by atoms with Crippen molar-refractivity contribution in [3.8, 4) is 11.6 Å². The highest BCUT2D eigenvalue weighted by atomic mass is 19.4. The second-order valence-corrected chi connectivity index (χ2v) is 6.60. The van der Waals surface area contributed by atoms with Crippen molar-refractivity contribution >= 4 is 11.9 Å². The van der Waals surface area contributed by atoms with Gasteiger partial charge in [-0.25, -0.2) is 8.78 Å². The lowest BCUT2D eigenvalue weighted by atomic mass is 9.97. The van der Waals surface area contributed by atoms with Gasteiger partial charge >= 0.3 is 12.1 Å². The van der Waals surface area contributed by atoms with Crippen LogP contribution in [0.4, 0.5) is 22.0 Å². The van der Waals surface area contributed by atoms with Crippen LogP contribution in [0.1, 0.15) is 34.1 Å². The molecule has 0 radical (unpaired) electrons. The molecule has 0 bridgehead atoms. The van der Waals surface area contributed by atoms with Crippen LogP contribution in [0.15, 0.2) is 48.5 Å². The number of rotatable bonds is 6. The summed E-state index contributed by atoms with van der Waals surface area (Å²) in [6.45, 7) is 0. The molecule has 1 aromatic heterocycles. The molecule has 0 aliphatic rings. The normalized spacial score (nSPS) is 12.4. The summed E-state index contributed by atoms with van der Waals surface area (Å²) in [5, 5.41) is 24.9. The summed E-state index contributed by atoms with van der Waals surface area (Å²) in [4.78, 5) is 23.8. The minimum Gasteiger partial charge on any atom is -0.493 e. The molecule has 0 saturated heterocycles. The van der Waals surface area contributed by atoms with Crippen LogP contribution in [0.2, 0.25) is 0 Å². The smallest absolute Gasteiger partial charge is 0.416 e. The van der Waals surface area contributed by atoms with Crippen LogP contribution in [0.3, 0.4) is 0 Å². The van der Waals surface area contributed by atoms with Crippen molar-refractivity contribution in [2.24, 2.45) is 0 Å². The molecule has 0 saturated carbocycles. The van der Waals surface area contributed by atoms with Gasteiger partial charge in [-0.2, -0.15) is 23.0 Å². The van der Waals surface area contributed by atoms with E-state index in [1.807, 2.05) is 0 Å². The van der Waals surface area contributed by atoms with Gasteiger partial charge in [-0.3, -0.25) is 9.59 Å². The number of carboxylic acid groups (broad SMARTS) is 1. The summed E-state index contributed by atoms with van der Waals surface area (Å²) in [6.07, 6.45) is -5.95. The van der Waals surface area contributed by atoms with E-state index in [0.29, 0.717) is 22.9 Å².